The first-order valence-electron chi connectivity index (χ1n) is 7.94. The van der Waals surface area contributed by atoms with Gasteiger partial charge in [-0.1, -0.05) is 79.7 Å². The molecular formula is C20H25NO. The lowest BCUT2D eigenvalue weighted by atomic mass is 10.2. The van der Waals surface area contributed by atoms with Gasteiger partial charge in [-0.05, 0) is 17.7 Å². The minimum Gasteiger partial charge on any atom is -0.376 e. The van der Waals surface area contributed by atoms with E-state index in [0.717, 1.165) is 26.2 Å². The van der Waals surface area contributed by atoms with Crippen molar-refractivity contribution >= 4 is 6.08 Å². The summed E-state index contributed by atoms with van der Waals surface area (Å²) in [5, 5.41) is 0. The predicted molar refractivity (Wildman–Crippen MR) is 93.7 cm³/mol. The summed E-state index contributed by atoms with van der Waals surface area (Å²) < 4.78 is 5.70. The Hall–Kier alpha value is -1.90. The Morgan fingerprint density at radius 1 is 0.955 bits per heavy atom. The number of rotatable bonds is 9. The molecule has 116 valence electrons. The van der Waals surface area contributed by atoms with Crippen molar-refractivity contribution in [3.8, 4) is 0 Å². The molecule has 0 aliphatic carbocycles. The molecule has 0 amide bonds. The molecule has 0 aliphatic heterocycles. The fourth-order valence-electron chi connectivity index (χ4n) is 2.28. The Morgan fingerprint density at radius 3 is 2.32 bits per heavy atom. The van der Waals surface area contributed by atoms with E-state index < -0.39 is 0 Å². The Balaban J connectivity index is 1.63. The van der Waals surface area contributed by atoms with E-state index in [-0.39, 0.29) is 0 Å². The van der Waals surface area contributed by atoms with Crippen molar-refractivity contribution < 1.29 is 4.74 Å². The minimum absolute atomic E-state index is 0.664. The molecule has 0 spiro atoms. The van der Waals surface area contributed by atoms with Crippen molar-refractivity contribution in [2.45, 2.75) is 13.5 Å². The van der Waals surface area contributed by atoms with Gasteiger partial charge in [0.1, 0.15) is 0 Å². The van der Waals surface area contributed by atoms with E-state index in [1.54, 1.807) is 0 Å². The van der Waals surface area contributed by atoms with Gasteiger partial charge in [0, 0.05) is 13.1 Å². The van der Waals surface area contributed by atoms with Crippen LogP contribution < -0.4 is 0 Å². The van der Waals surface area contributed by atoms with E-state index in [0.29, 0.717) is 6.61 Å². The number of nitrogens with zero attached hydrogens (tertiary/aromatic N) is 1. The maximum absolute atomic E-state index is 5.70. The Morgan fingerprint density at radius 2 is 1.64 bits per heavy atom. The second-order valence-corrected chi connectivity index (χ2v) is 5.24. The summed E-state index contributed by atoms with van der Waals surface area (Å²) in [5.74, 6) is 0. The quantitative estimate of drug-likeness (QED) is 0.642. The van der Waals surface area contributed by atoms with Crippen molar-refractivity contribution in [1.29, 1.82) is 0 Å². The number of hydrogen-bond acceptors (Lipinski definition) is 2. The average Bonchev–Trinajstić information content (AvgIpc) is 2.58. The lowest BCUT2D eigenvalue weighted by Gasteiger charge is -2.20. The molecule has 0 fully saturated rings. The molecule has 0 aliphatic rings. The molecule has 0 bridgehead atoms. The van der Waals surface area contributed by atoms with E-state index >= 15 is 0 Å². The number of likely N-dealkylation sites (N-methyl/N-ethyl adjacent to an activating group) is 1. The molecule has 0 radical (unpaired) electrons. The summed E-state index contributed by atoms with van der Waals surface area (Å²) in [6.45, 7) is 6.61. The van der Waals surface area contributed by atoms with E-state index in [4.69, 9.17) is 4.74 Å². The maximum Gasteiger partial charge on any atom is 0.0651 e. The van der Waals surface area contributed by atoms with Gasteiger partial charge in [0.15, 0.2) is 0 Å². The predicted octanol–water partition coefficient (Wildman–Crippen LogP) is 4.24. The molecular weight excluding hydrogens is 270 g/mol. The fraction of sp³-hybridized carbons (Fsp3) is 0.300. The first kappa shape index (κ1) is 16.5. The van der Waals surface area contributed by atoms with E-state index in [1.165, 1.54) is 11.1 Å². The average molecular weight is 295 g/mol. The molecule has 0 aromatic heterocycles. The molecule has 0 heterocycles. The number of hydrogen-bond donors (Lipinski definition) is 0. The summed E-state index contributed by atoms with van der Waals surface area (Å²) in [4.78, 5) is 2.40. The lowest BCUT2D eigenvalue weighted by molar-refractivity contribution is 0.123. The smallest absolute Gasteiger partial charge is 0.0651 e. The van der Waals surface area contributed by atoms with Crippen molar-refractivity contribution in [2.24, 2.45) is 0 Å². The van der Waals surface area contributed by atoms with Crippen LogP contribution in [0.15, 0.2) is 66.7 Å². The van der Waals surface area contributed by atoms with Crippen LogP contribution >= 0.6 is 0 Å². The minimum atomic E-state index is 0.664. The van der Waals surface area contributed by atoms with Gasteiger partial charge in [0.05, 0.1) is 13.2 Å². The zero-order chi connectivity index (χ0) is 15.5. The van der Waals surface area contributed by atoms with Gasteiger partial charge in [0.2, 0.25) is 0 Å². The molecule has 0 N–H and O–H groups in total. The van der Waals surface area contributed by atoms with Gasteiger partial charge in [0.25, 0.3) is 0 Å². The highest BCUT2D eigenvalue weighted by Crippen LogP contribution is 2.04. The maximum atomic E-state index is 5.70. The molecule has 0 atom stereocenters. The third-order valence-corrected chi connectivity index (χ3v) is 3.57. The topological polar surface area (TPSA) is 12.5 Å². The molecule has 0 saturated heterocycles. The van der Waals surface area contributed by atoms with E-state index in [2.05, 4.69) is 66.4 Å². The van der Waals surface area contributed by atoms with Crippen molar-refractivity contribution in [1.82, 2.24) is 4.90 Å². The Kier molecular flexibility index (Phi) is 7.44. The second kappa shape index (κ2) is 9.93. The number of benzene rings is 2. The molecule has 22 heavy (non-hydrogen) atoms. The summed E-state index contributed by atoms with van der Waals surface area (Å²) in [7, 11) is 0. The Labute approximate surface area is 134 Å². The normalized spacial score (nSPS) is 11.4. The lowest BCUT2D eigenvalue weighted by Crippen LogP contribution is -2.27. The molecule has 2 rings (SSSR count). The fourth-order valence-corrected chi connectivity index (χ4v) is 2.28. The highest BCUT2D eigenvalue weighted by atomic mass is 16.5. The summed E-state index contributed by atoms with van der Waals surface area (Å²) in [6.07, 6.45) is 4.17. The van der Waals surface area contributed by atoms with Crippen LogP contribution in [0.5, 0.6) is 0 Å². The van der Waals surface area contributed by atoms with Gasteiger partial charge >= 0.3 is 0 Å². The van der Waals surface area contributed by atoms with Gasteiger partial charge in [-0.25, -0.2) is 0 Å². The second-order valence-electron chi connectivity index (χ2n) is 5.24. The van der Waals surface area contributed by atoms with Gasteiger partial charge in [-0.3, -0.25) is 4.90 Å². The van der Waals surface area contributed by atoms with Crippen LogP contribution in [0.3, 0.4) is 0 Å². The summed E-state index contributed by atoms with van der Waals surface area (Å²) in [6, 6.07) is 20.9. The highest BCUT2D eigenvalue weighted by molar-refractivity contribution is 5.48. The van der Waals surface area contributed by atoms with Crippen LogP contribution in [0.25, 0.3) is 6.08 Å². The third-order valence-electron chi connectivity index (χ3n) is 3.57. The SMILES string of the molecule is CCN(CCOCC=Cc1ccccc1)Cc1ccccc1. The van der Waals surface area contributed by atoms with Gasteiger partial charge < -0.3 is 4.74 Å². The molecule has 0 unspecified atom stereocenters. The molecule has 0 saturated carbocycles. The summed E-state index contributed by atoms with van der Waals surface area (Å²) >= 11 is 0. The van der Waals surface area contributed by atoms with Crippen LogP contribution in [-0.2, 0) is 11.3 Å². The standard InChI is InChI=1S/C20H25NO/c1-2-21(18-20-12-7-4-8-13-20)15-17-22-16-9-14-19-10-5-3-6-11-19/h3-14H,2,15-18H2,1H3. The van der Waals surface area contributed by atoms with Crippen LogP contribution in [0.1, 0.15) is 18.1 Å². The molecule has 2 heteroatoms. The first-order chi connectivity index (χ1) is 10.9. The molecule has 2 aromatic carbocycles. The van der Waals surface area contributed by atoms with Crippen LogP contribution in [0.4, 0.5) is 0 Å². The van der Waals surface area contributed by atoms with Crippen LogP contribution in [0.2, 0.25) is 0 Å². The van der Waals surface area contributed by atoms with Crippen molar-refractivity contribution in [2.75, 3.05) is 26.3 Å². The van der Waals surface area contributed by atoms with Crippen LogP contribution in [0, 0.1) is 0 Å². The van der Waals surface area contributed by atoms with E-state index in [9.17, 15) is 0 Å². The first-order valence-corrected chi connectivity index (χ1v) is 7.94. The molecule has 2 nitrogen and oxygen atoms in total. The van der Waals surface area contributed by atoms with Crippen molar-refractivity contribution in [3.63, 3.8) is 0 Å². The monoisotopic (exact) mass is 295 g/mol. The third kappa shape index (κ3) is 6.25. The zero-order valence-electron chi connectivity index (χ0n) is 13.3. The van der Waals surface area contributed by atoms with Crippen molar-refractivity contribution in [3.05, 3.63) is 77.9 Å². The largest absolute Gasteiger partial charge is 0.376 e. The summed E-state index contributed by atoms with van der Waals surface area (Å²) in [5.41, 5.74) is 2.57. The van der Waals surface area contributed by atoms with Gasteiger partial charge in [-0.15, -0.1) is 0 Å². The van der Waals surface area contributed by atoms with Gasteiger partial charge in [-0.2, -0.15) is 0 Å². The highest BCUT2D eigenvalue weighted by Gasteiger charge is 2.02. The zero-order valence-corrected chi connectivity index (χ0v) is 13.3. The number of ether oxygens (including phenoxy) is 1. The Bertz CT molecular complexity index is 536. The van der Waals surface area contributed by atoms with Crippen LogP contribution in [-0.4, -0.2) is 31.2 Å². The molecule has 2 aromatic rings. The van der Waals surface area contributed by atoms with E-state index in [1.807, 2.05) is 18.2 Å².